The molecule has 4 heteroatoms. The number of ether oxygens (including phenoxy) is 1. The summed E-state index contributed by atoms with van der Waals surface area (Å²) < 4.78 is 5.92. The van der Waals surface area contributed by atoms with Gasteiger partial charge in [0.05, 0.1) is 0 Å². The van der Waals surface area contributed by atoms with E-state index >= 15 is 0 Å². The number of para-hydroxylation sites is 1. The van der Waals surface area contributed by atoms with Gasteiger partial charge < -0.3 is 15.0 Å². The zero-order valence-corrected chi connectivity index (χ0v) is 16.7. The van der Waals surface area contributed by atoms with Crippen LogP contribution in [0.4, 0.5) is 5.69 Å². The minimum Gasteiger partial charge on any atom is -0.490 e. The van der Waals surface area contributed by atoms with E-state index in [1.165, 1.54) is 16.8 Å². The first-order valence-corrected chi connectivity index (χ1v) is 10.1. The predicted molar refractivity (Wildman–Crippen MR) is 112 cm³/mol. The lowest BCUT2D eigenvalue weighted by Gasteiger charge is -2.49. The Balaban J connectivity index is 1.58. The van der Waals surface area contributed by atoms with Crippen molar-refractivity contribution in [2.45, 2.75) is 50.8 Å². The summed E-state index contributed by atoms with van der Waals surface area (Å²) in [6.07, 6.45) is 6.02. The highest BCUT2D eigenvalue weighted by atomic mass is 16.5. The predicted octanol–water partition coefficient (Wildman–Crippen LogP) is 4.04. The van der Waals surface area contributed by atoms with Gasteiger partial charge in [0.2, 0.25) is 5.91 Å². The number of fused-ring (bicyclic) bond motifs is 4. The van der Waals surface area contributed by atoms with Gasteiger partial charge in [-0.1, -0.05) is 50.3 Å². The summed E-state index contributed by atoms with van der Waals surface area (Å²) in [5.41, 5.74) is 4.02. The SMILES string of the molecule is C[C@@H]1Cc2ccc(/C=C/[C@@]34NC(=O)CCN3c3ccccc3C4(C)C)cc2O1. The van der Waals surface area contributed by atoms with E-state index in [1.807, 2.05) is 0 Å². The fourth-order valence-electron chi connectivity index (χ4n) is 5.06. The van der Waals surface area contributed by atoms with Crippen molar-refractivity contribution in [1.82, 2.24) is 5.32 Å². The number of carbonyl (C=O) groups is 1. The van der Waals surface area contributed by atoms with Crippen LogP contribution in [0.25, 0.3) is 6.08 Å². The number of hydrogen-bond donors (Lipinski definition) is 1. The molecule has 0 unspecified atom stereocenters. The summed E-state index contributed by atoms with van der Waals surface area (Å²) in [7, 11) is 0. The Bertz CT molecular complexity index is 994. The third kappa shape index (κ3) is 2.33. The molecule has 0 bridgehead atoms. The van der Waals surface area contributed by atoms with Crippen LogP contribution in [0.1, 0.15) is 43.9 Å². The van der Waals surface area contributed by atoms with Crippen LogP contribution < -0.4 is 15.0 Å². The lowest BCUT2D eigenvalue weighted by molar-refractivity contribution is -0.124. The molecule has 1 amide bonds. The number of rotatable bonds is 2. The molecule has 4 nitrogen and oxygen atoms in total. The van der Waals surface area contributed by atoms with Crippen LogP contribution in [0.15, 0.2) is 48.5 Å². The van der Waals surface area contributed by atoms with Crippen molar-refractivity contribution in [2.75, 3.05) is 11.4 Å². The van der Waals surface area contributed by atoms with Crippen LogP contribution in [-0.4, -0.2) is 24.2 Å². The van der Waals surface area contributed by atoms with Gasteiger partial charge in [0, 0.05) is 30.5 Å². The highest BCUT2D eigenvalue weighted by Crippen LogP contribution is 2.52. The summed E-state index contributed by atoms with van der Waals surface area (Å²) >= 11 is 0. The Morgan fingerprint density at radius 2 is 2.04 bits per heavy atom. The van der Waals surface area contributed by atoms with Crippen molar-refractivity contribution in [3.05, 3.63) is 65.2 Å². The van der Waals surface area contributed by atoms with E-state index < -0.39 is 5.66 Å². The lowest BCUT2D eigenvalue weighted by Crippen LogP contribution is -2.68. The van der Waals surface area contributed by atoms with E-state index in [0.29, 0.717) is 6.42 Å². The minimum atomic E-state index is -0.570. The number of nitrogens with zero attached hydrogens (tertiary/aromatic N) is 1. The maximum atomic E-state index is 12.5. The number of amides is 1. The average molecular weight is 374 g/mol. The molecule has 1 N–H and O–H groups in total. The lowest BCUT2D eigenvalue weighted by atomic mass is 9.74. The standard InChI is InChI=1S/C24H26N2O2/c1-16-14-18-9-8-17(15-21(18)28-16)10-12-24-23(2,3)19-6-4-5-7-20(19)26(24)13-11-22(27)25-24/h4-10,12,15-16H,11,13-14H2,1-3H3,(H,25,27)/b12-10+/t16-,24-/m1/s1. The average Bonchev–Trinajstić information content (AvgIpc) is 3.13. The molecule has 144 valence electrons. The van der Waals surface area contributed by atoms with Crippen LogP contribution in [0.3, 0.4) is 0 Å². The highest BCUT2D eigenvalue weighted by molar-refractivity contribution is 5.84. The molecular weight excluding hydrogens is 348 g/mol. The van der Waals surface area contributed by atoms with Crippen molar-refractivity contribution in [1.29, 1.82) is 0 Å². The van der Waals surface area contributed by atoms with Gasteiger partial charge in [0.15, 0.2) is 0 Å². The Labute approximate surface area is 166 Å². The van der Waals surface area contributed by atoms with Crippen LogP contribution in [-0.2, 0) is 16.6 Å². The molecule has 1 saturated heterocycles. The zero-order chi connectivity index (χ0) is 19.5. The molecule has 3 aliphatic heterocycles. The monoisotopic (exact) mass is 374 g/mol. The van der Waals surface area contributed by atoms with Crippen LogP contribution >= 0.6 is 0 Å². The largest absolute Gasteiger partial charge is 0.490 e. The second kappa shape index (κ2) is 5.87. The number of hydrogen-bond acceptors (Lipinski definition) is 3. The zero-order valence-electron chi connectivity index (χ0n) is 16.7. The van der Waals surface area contributed by atoms with E-state index in [9.17, 15) is 4.79 Å². The first-order chi connectivity index (χ1) is 13.4. The molecule has 0 saturated carbocycles. The van der Waals surface area contributed by atoms with Crippen LogP contribution in [0.5, 0.6) is 5.75 Å². The van der Waals surface area contributed by atoms with Crippen molar-refractivity contribution in [3.63, 3.8) is 0 Å². The van der Waals surface area contributed by atoms with E-state index in [2.05, 4.69) is 85.6 Å². The molecule has 2 atom stereocenters. The maximum Gasteiger partial charge on any atom is 0.223 e. The summed E-state index contributed by atoms with van der Waals surface area (Å²) in [6.45, 7) is 7.26. The number of benzene rings is 2. The maximum absolute atomic E-state index is 12.5. The van der Waals surface area contributed by atoms with Gasteiger partial charge in [-0.3, -0.25) is 4.79 Å². The van der Waals surface area contributed by atoms with Gasteiger partial charge in [-0.2, -0.15) is 0 Å². The molecule has 1 fully saturated rings. The second-order valence-electron chi connectivity index (χ2n) is 8.69. The van der Waals surface area contributed by atoms with Gasteiger partial charge in [-0.15, -0.1) is 0 Å². The first-order valence-electron chi connectivity index (χ1n) is 10.1. The quantitative estimate of drug-likeness (QED) is 0.863. The number of nitrogens with one attached hydrogen (secondary N) is 1. The molecule has 0 aromatic heterocycles. The fraction of sp³-hybridized carbons (Fsp3) is 0.375. The summed E-state index contributed by atoms with van der Waals surface area (Å²) in [5.74, 6) is 1.08. The van der Waals surface area contributed by atoms with Crippen molar-refractivity contribution in [3.8, 4) is 5.75 Å². The Hall–Kier alpha value is -2.75. The number of carbonyl (C=O) groups excluding carboxylic acids is 1. The van der Waals surface area contributed by atoms with Crippen molar-refractivity contribution >= 4 is 17.7 Å². The van der Waals surface area contributed by atoms with E-state index in [1.54, 1.807) is 0 Å². The molecular formula is C24H26N2O2. The molecule has 2 aromatic carbocycles. The van der Waals surface area contributed by atoms with Gasteiger partial charge >= 0.3 is 0 Å². The summed E-state index contributed by atoms with van der Waals surface area (Å²) in [5, 5.41) is 3.33. The molecule has 0 spiro atoms. The van der Waals surface area contributed by atoms with Gasteiger partial charge in [0.1, 0.15) is 17.5 Å². The Morgan fingerprint density at radius 1 is 1.21 bits per heavy atom. The van der Waals surface area contributed by atoms with Gasteiger partial charge in [-0.25, -0.2) is 0 Å². The van der Waals surface area contributed by atoms with Gasteiger partial charge in [-0.05, 0) is 41.8 Å². The minimum absolute atomic E-state index is 0.105. The van der Waals surface area contributed by atoms with E-state index in [0.717, 1.165) is 24.3 Å². The topological polar surface area (TPSA) is 41.6 Å². The molecule has 2 aromatic rings. The fourth-order valence-corrected chi connectivity index (χ4v) is 5.06. The first kappa shape index (κ1) is 17.4. The van der Waals surface area contributed by atoms with Crippen LogP contribution in [0.2, 0.25) is 0 Å². The molecule has 5 rings (SSSR count). The third-order valence-corrected chi connectivity index (χ3v) is 6.58. The van der Waals surface area contributed by atoms with Crippen molar-refractivity contribution < 1.29 is 9.53 Å². The summed E-state index contributed by atoms with van der Waals surface area (Å²) in [4.78, 5) is 14.8. The molecule has 0 aliphatic carbocycles. The molecule has 0 radical (unpaired) electrons. The van der Waals surface area contributed by atoms with Gasteiger partial charge in [0.25, 0.3) is 0 Å². The smallest absolute Gasteiger partial charge is 0.223 e. The third-order valence-electron chi connectivity index (χ3n) is 6.58. The highest BCUT2D eigenvalue weighted by Gasteiger charge is 2.57. The summed E-state index contributed by atoms with van der Waals surface area (Å²) in [6, 6.07) is 14.9. The van der Waals surface area contributed by atoms with E-state index in [4.69, 9.17) is 4.74 Å². The molecule has 3 heterocycles. The van der Waals surface area contributed by atoms with Crippen LogP contribution in [0, 0.1) is 0 Å². The number of anilines is 1. The van der Waals surface area contributed by atoms with E-state index in [-0.39, 0.29) is 17.4 Å². The Morgan fingerprint density at radius 3 is 2.89 bits per heavy atom. The Kier molecular flexibility index (Phi) is 3.64. The normalized spacial score (nSPS) is 27.2. The molecule has 3 aliphatic rings. The second-order valence-corrected chi connectivity index (χ2v) is 8.69. The molecule has 28 heavy (non-hydrogen) atoms. The van der Waals surface area contributed by atoms with Crippen molar-refractivity contribution in [2.24, 2.45) is 0 Å².